The molecule has 2 N–H and O–H groups in total. The summed E-state index contributed by atoms with van der Waals surface area (Å²) in [5.41, 5.74) is 5.49. The average molecular weight is 390 g/mol. The Morgan fingerprint density at radius 3 is 2.82 bits per heavy atom. The van der Waals surface area contributed by atoms with E-state index in [0.717, 1.165) is 0 Å². The molecule has 12 heteroatoms. The Balaban J connectivity index is 2.07. The summed E-state index contributed by atoms with van der Waals surface area (Å²) in [6.45, 7) is 2.19. The first-order chi connectivity index (χ1) is 13.3. The van der Waals surface area contributed by atoms with Gasteiger partial charge in [0.25, 0.3) is 0 Å². The van der Waals surface area contributed by atoms with E-state index in [1.807, 2.05) is 6.07 Å². The third-order valence-corrected chi connectivity index (χ3v) is 4.14. The van der Waals surface area contributed by atoms with Gasteiger partial charge in [0.1, 0.15) is 24.8 Å². The quantitative estimate of drug-likeness (QED) is 0.657. The highest BCUT2D eigenvalue weighted by Gasteiger charge is 2.41. The standard InChI is InChI=1S/C16H18N6O6/c1-8(23)26-7-10-5-12(27-9(2)24)14(28-10)22-13-11(6-19-15(18)20-13)21(4-3-17)16(22)25/h6,10,12,14H,4-5,7H2,1-2H3,(H2,18,19,20)/t10-,12+,14+/m0/s1. The van der Waals surface area contributed by atoms with Crippen molar-refractivity contribution in [3.63, 3.8) is 0 Å². The Hall–Kier alpha value is -3.46. The molecule has 2 aromatic rings. The molecule has 3 heterocycles. The molecule has 3 atom stereocenters. The van der Waals surface area contributed by atoms with Gasteiger partial charge in [0.2, 0.25) is 5.95 Å². The minimum atomic E-state index is -1.03. The van der Waals surface area contributed by atoms with Crippen molar-refractivity contribution < 1.29 is 23.8 Å². The Kier molecular flexibility index (Phi) is 5.27. The van der Waals surface area contributed by atoms with Crippen molar-refractivity contribution in [3.8, 4) is 6.07 Å². The monoisotopic (exact) mass is 390 g/mol. The minimum absolute atomic E-state index is 0.0632. The van der Waals surface area contributed by atoms with E-state index in [9.17, 15) is 14.4 Å². The molecule has 0 aliphatic carbocycles. The molecule has 148 valence electrons. The molecule has 3 rings (SSSR count). The summed E-state index contributed by atoms with van der Waals surface area (Å²) in [6, 6.07) is 1.90. The molecule has 1 saturated heterocycles. The second kappa shape index (κ2) is 7.65. The van der Waals surface area contributed by atoms with Gasteiger partial charge >= 0.3 is 17.6 Å². The van der Waals surface area contributed by atoms with Gasteiger partial charge in [-0.25, -0.2) is 14.3 Å². The molecule has 0 radical (unpaired) electrons. The molecule has 28 heavy (non-hydrogen) atoms. The maximum atomic E-state index is 12.9. The molecule has 1 aliphatic rings. The summed E-state index contributed by atoms with van der Waals surface area (Å²) in [4.78, 5) is 43.5. The van der Waals surface area contributed by atoms with Crippen LogP contribution >= 0.6 is 0 Å². The third-order valence-electron chi connectivity index (χ3n) is 4.14. The van der Waals surface area contributed by atoms with Gasteiger partial charge in [0, 0.05) is 20.3 Å². The Morgan fingerprint density at radius 1 is 1.43 bits per heavy atom. The van der Waals surface area contributed by atoms with Gasteiger partial charge in [0.15, 0.2) is 11.9 Å². The van der Waals surface area contributed by atoms with E-state index in [2.05, 4.69) is 9.97 Å². The first-order valence-electron chi connectivity index (χ1n) is 8.38. The van der Waals surface area contributed by atoms with Crippen LogP contribution in [0.5, 0.6) is 0 Å². The largest absolute Gasteiger partial charge is 0.463 e. The summed E-state index contributed by atoms with van der Waals surface area (Å²) >= 11 is 0. The van der Waals surface area contributed by atoms with Crippen molar-refractivity contribution in [3.05, 3.63) is 16.7 Å². The van der Waals surface area contributed by atoms with E-state index in [1.54, 1.807) is 0 Å². The van der Waals surface area contributed by atoms with Gasteiger partial charge < -0.3 is 19.9 Å². The number of aromatic nitrogens is 4. The van der Waals surface area contributed by atoms with E-state index in [4.69, 9.17) is 25.2 Å². The second-order valence-electron chi connectivity index (χ2n) is 6.17. The number of nitrogen functional groups attached to an aromatic ring is 1. The Morgan fingerprint density at radius 2 is 2.18 bits per heavy atom. The van der Waals surface area contributed by atoms with Crippen LogP contribution in [0.3, 0.4) is 0 Å². The number of ether oxygens (including phenoxy) is 3. The molecule has 0 bridgehead atoms. The fourth-order valence-corrected chi connectivity index (χ4v) is 3.10. The van der Waals surface area contributed by atoms with Gasteiger partial charge in [-0.15, -0.1) is 0 Å². The lowest BCUT2D eigenvalue weighted by Crippen LogP contribution is -2.33. The molecular weight excluding hydrogens is 372 g/mol. The highest BCUT2D eigenvalue weighted by Crippen LogP contribution is 2.32. The second-order valence-corrected chi connectivity index (χ2v) is 6.17. The molecule has 1 aliphatic heterocycles. The highest BCUT2D eigenvalue weighted by atomic mass is 16.6. The lowest BCUT2D eigenvalue weighted by molar-refractivity contribution is -0.153. The van der Waals surface area contributed by atoms with Crippen molar-refractivity contribution in [2.45, 2.75) is 45.2 Å². The molecule has 0 saturated carbocycles. The lowest BCUT2D eigenvalue weighted by Gasteiger charge is -2.19. The zero-order valence-electron chi connectivity index (χ0n) is 15.2. The fourth-order valence-electron chi connectivity index (χ4n) is 3.10. The van der Waals surface area contributed by atoms with Crippen molar-refractivity contribution in [2.75, 3.05) is 12.3 Å². The van der Waals surface area contributed by atoms with Crippen LogP contribution in [0.2, 0.25) is 0 Å². The number of fused-ring (bicyclic) bond motifs is 1. The molecule has 0 spiro atoms. The number of nitrogens with two attached hydrogens (primary N) is 1. The van der Waals surface area contributed by atoms with Gasteiger partial charge in [0.05, 0.1) is 18.4 Å². The van der Waals surface area contributed by atoms with Crippen LogP contribution in [0, 0.1) is 11.3 Å². The summed E-state index contributed by atoms with van der Waals surface area (Å²) in [6.07, 6.45) is -0.922. The zero-order chi connectivity index (χ0) is 20.4. The summed E-state index contributed by atoms with van der Waals surface area (Å²) in [7, 11) is 0. The summed E-state index contributed by atoms with van der Waals surface area (Å²) < 4.78 is 18.4. The van der Waals surface area contributed by atoms with Crippen LogP contribution in [-0.2, 0) is 30.3 Å². The molecule has 0 unspecified atom stereocenters. The third kappa shape index (κ3) is 3.65. The number of nitrogens with zero attached hydrogens (tertiary/aromatic N) is 5. The fraction of sp³-hybridized carbons (Fsp3) is 0.500. The molecule has 12 nitrogen and oxygen atoms in total. The van der Waals surface area contributed by atoms with Crippen LogP contribution in [0.1, 0.15) is 26.5 Å². The van der Waals surface area contributed by atoms with Gasteiger partial charge in [-0.3, -0.25) is 14.2 Å². The average Bonchev–Trinajstić information content (AvgIpc) is 3.11. The zero-order valence-corrected chi connectivity index (χ0v) is 15.2. The predicted molar refractivity (Wildman–Crippen MR) is 92.5 cm³/mol. The summed E-state index contributed by atoms with van der Waals surface area (Å²) in [5, 5.41) is 9.03. The van der Waals surface area contributed by atoms with Gasteiger partial charge in [-0.05, 0) is 0 Å². The van der Waals surface area contributed by atoms with Crippen LogP contribution in [0.15, 0.2) is 11.0 Å². The minimum Gasteiger partial charge on any atom is -0.463 e. The maximum Gasteiger partial charge on any atom is 0.333 e. The smallest absolute Gasteiger partial charge is 0.333 e. The number of hydrogen-bond donors (Lipinski definition) is 1. The predicted octanol–water partition coefficient (Wildman–Crippen LogP) is -0.519. The Labute approximate surface area is 158 Å². The molecular formula is C16H18N6O6. The molecule has 0 amide bonds. The first kappa shape index (κ1) is 19.3. The van der Waals surface area contributed by atoms with Gasteiger partial charge in [-0.2, -0.15) is 10.2 Å². The molecule has 1 fully saturated rings. The highest BCUT2D eigenvalue weighted by molar-refractivity contribution is 5.72. The van der Waals surface area contributed by atoms with E-state index in [0.29, 0.717) is 0 Å². The first-order valence-corrected chi connectivity index (χ1v) is 8.38. The lowest BCUT2D eigenvalue weighted by atomic mass is 10.2. The topological polar surface area (TPSA) is 164 Å². The van der Waals surface area contributed by atoms with E-state index in [1.165, 1.54) is 29.2 Å². The van der Waals surface area contributed by atoms with E-state index < -0.39 is 36.1 Å². The van der Waals surface area contributed by atoms with E-state index >= 15 is 0 Å². The van der Waals surface area contributed by atoms with Crippen LogP contribution in [0.4, 0.5) is 5.95 Å². The maximum absolute atomic E-state index is 12.9. The number of nitriles is 1. The number of anilines is 1. The number of hydrogen-bond acceptors (Lipinski definition) is 10. The van der Waals surface area contributed by atoms with E-state index in [-0.39, 0.29) is 36.7 Å². The molecule has 0 aromatic carbocycles. The van der Waals surface area contributed by atoms with Gasteiger partial charge in [-0.1, -0.05) is 0 Å². The van der Waals surface area contributed by atoms with Crippen LogP contribution in [0.25, 0.3) is 11.2 Å². The normalized spacial score (nSPS) is 21.4. The summed E-state index contributed by atoms with van der Waals surface area (Å²) in [5.74, 6) is -1.12. The number of imidazole rings is 1. The number of esters is 2. The number of carbonyl (C=O) groups excluding carboxylic acids is 2. The Bertz CT molecular complexity index is 1020. The van der Waals surface area contributed by atoms with Crippen molar-refractivity contribution in [2.24, 2.45) is 0 Å². The SMILES string of the molecule is CC(=O)OC[C@@H]1C[C@@H](OC(C)=O)[C@H](n2c(=O)n(CC#N)c3cnc(N)nc32)O1. The molecule has 2 aromatic heterocycles. The number of rotatable bonds is 5. The van der Waals surface area contributed by atoms with Crippen molar-refractivity contribution in [1.29, 1.82) is 5.26 Å². The number of carbonyl (C=O) groups is 2. The van der Waals surface area contributed by atoms with Crippen molar-refractivity contribution in [1.82, 2.24) is 19.1 Å². The van der Waals surface area contributed by atoms with Crippen LogP contribution < -0.4 is 11.4 Å². The van der Waals surface area contributed by atoms with Crippen LogP contribution in [-0.4, -0.2) is 49.9 Å². The van der Waals surface area contributed by atoms with Crippen molar-refractivity contribution >= 4 is 29.1 Å².